The maximum atomic E-state index is 12.1. The molecule has 6 nitrogen and oxygen atoms in total. The zero-order chi connectivity index (χ0) is 17.6. The van der Waals surface area contributed by atoms with Crippen LogP contribution in [0.15, 0.2) is 58.0 Å². The average Bonchev–Trinajstić information content (AvgIpc) is 3.05. The van der Waals surface area contributed by atoms with Crippen molar-refractivity contribution in [3.8, 4) is 11.8 Å². The molecule has 1 aromatic heterocycles. The van der Waals surface area contributed by atoms with E-state index in [1.807, 2.05) is 30.3 Å². The molecule has 0 bridgehead atoms. The van der Waals surface area contributed by atoms with Crippen LogP contribution in [0.2, 0.25) is 0 Å². The van der Waals surface area contributed by atoms with E-state index in [1.165, 1.54) is 6.21 Å². The normalized spacial score (nSPS) is 10.7. The molecular weight excluding hydrogens is 433 g/mol. The standard InChI is InChI=1S/C18H12IN3O3/c19-14-9-12(5-6-16(14)24-8-7-20)11-21-22-18(23)17-10-13-3-1-2-4-15(13)25-17/h1-6,9-11H,8H2,(H,22,23)/b21-11+. The molecule has 0 aliphatic rings. The number of halogens is 1. The van der Waals surface area contributed by atoms with Crippen LogP contribution in [0.4, 0.5) is 0 Å². The van der Waals surface area contributed by atoms with Crippen LogP contribution in [0.5, 0.6) is 5.75 Å². The Morgan fingerprint density at radius 1 is 1.32 bits per heavy atom. The van der Waals surface area contributed by atoms with E-state index < -0.39 is 5.91 Å². The van der Waals surface area contributed by atoms with Gasteiger partial charge >= 0.3 is 5.91 Å². The van der Waals surface area contributed by atoms with Gasteiger partial charge in [-0.25, -0.2) is 5.43 Å². The first-order valence-corrected chi connectivity index (χ1v) is 8.36. The number of furan rings is 1. The number of nitrogens with one attached hydrogen (secondary N) is 1. The number of hydrogen-bond donors (Lipinski definition) is 1. The molecule has 1 heterocycles. The Kier molecular flexibility index (Phi) is 5.30. The third kappa shape index (κ3) is 4.16. The van der Waals surface area contributed by atoms with Gasteiger partial charge in [-0.05, 0) is 58.5 Å². The van der Waals surface area contributed by atoms with E-state index in [9.17, 15) is 4.79 Å². The maximum Gasteiger partial charge on any atom is 0.307 e. The molecule has 0 radical (unpaired) electrons. The molecule has 124 valence electrons. The first-order valence-electron chi connectivity index (χ1n) is 7.28. The summed E-state index contributed by atoms with van der Waals surface area (Å²) in [4.78, 5) is 12.1. The first-order chi connectivity index (χ1) is 12.2. The van der Waals surface area contributed by atoms with Crippen LogP contribution in [-0.2, 0) is 0 Å². The third-order valence-corrected chi connectivity index (χ3v) is 4.12. The predicted octanol–water partition coefficient (Wildman–Crippen LogP) is 3.70. The van der Waals surface area contributed by atoms with Crippen molar-refractivity contribution in [3.63, 3.8) is 0 Å². The van der Waals surface area contributed by atoms with Crippen LogP contribution in [0, 0.1) is 14.9 Å². The van der Waals surface area contributed by atoms with Crippen molar-refractivity contribution in [1.29, 1.82) is 5.26 Å². The molecule has 0 aliphatic heterocycles. The van der Waals surface area contributed by atoms with Crippen LogP contribution < -0.4 is 10.2 Å². The lowest BCUT2D eigenvalue weighted by Gasteiger charge is -2.04. The number of nitriles is 1. The molecule has 0 saturated carbocycles. The number of rotatable bonds is 5. The fourth-order valence-corrected chi connectivity index (χ4v) is 2.83. The molecule has 0 spiro atoms. The summed E-state index contributed by atoms with van der Waals surface area (Å²) >= 11 is 2.11. The summed E-state index contributed by atoms with van der Waals surface area (Å²) in [5.74, 6) is 0.412. The molecule has 0 fully saturated rings. The molecule has 0 saturated heterocycles. The molecule has 0 aliphatic carbocycles. The van der Waals surface area contributed by atoms with Crippen molar-refractivity contribution >= 4 is 45.7 Å². The molecule has 3 rings (SSSR count). The maximum absolute atomic E-state index is 12.1. The minimum Gasteiger partial charge on any atom is -0.478 e. The number of hydrazone groups is 1. The number of hydrogen-bond acceptors (Lipinski definition) is 5. The van der Waals surface area contributed by atoms with E-state index >= 15 is 0 Å². The largest absolute Gasteiger partial charge is 0.478 e. The SMILES string of the molecule is N#CCOc1ccc(/C=N/NC(=O)c2cc3ccccc3o2)cc1I. The van der Waals surface area contributed by atoms with E-state index in [4.69, 9.17) is 14.4 Å². The van der Waals surface area contributed by atoms with E-state index in [1.54, 1.807) is 24.3 Å². The lowest BCUT2D eigenvalue weighted by atomic mass is 10.2. The van der Waals surface area contributed by atoms with Gasteiger partial charge in [0.1, 0.15) is 17.4 Å². The molecule has 25 heavy (non-hydrogen) atoms. The minimum atomic E-state index is -0.420. The molecule has 3 aromatic rings. The summed E-state index contributed by atoms with van der Waals surface area (Å²) in [5.41, 5.74) is 3.88. The van der Waals surface area contributed by atoms with E-state index in [2.05, 4.69) is 33.1 Å². The summed E-state index contributed by atoms with van der Waals surface area (Å²) in [6.45, 7) is -0.00298. The molecular formula is C18H12IN3O3. The summed E-state index contributed by atoms with van der Waals surface area (Å²) in [5, 5.41) is 13.3. The number of carbonyl (C=O) groups is 1. The lowest BCUT2D eigenvalue weighted by Crippen LogP contribution is -2.16. The third-order valence-electron chi connectivity index (χ3n) is 3.28. The molecule has 7 heteroatoms. The topological polar surface area (TPSA) is 87.6 Å². The molecule has 2 aromatic carbocycles. The quantitative estimate of drug-likeness (QED) is 0.369. The number of carbonyl (C=O) groups excluding carboxylic acids is 1. The predicted molar refractivity (Wildman–Crippen MR) is 102 cm³/mol. The highest BCUT2D eigenvalue weighted by Crippen LogP contribution is 2.21. The number of nitrogens with zero attached hydrogens (tertiary/aromatic N) is 2. The van der Waals surface area contributed by atoms with Gasteiger partial charge in [0.25, 0.3) is 0 Å². The fraction of sp³-hybridized carbons (Fsp3) is 0.0556. The zero-order valence-electron chi connectivity index (χ0n) is 12.9. The van der Waals surface area contributed by atoms with Crippen molar-refractivity contribution < 1.29 is 13.9 Å². The number of para-hydroxylation sites is 1. The Balaban J connectivity index is 1.65. The van der Waals surface area contributed by atoms with Gasteiger partial charge in [-0.3, -0.25) is 4.79 Å². The highest BCUT2D eigenvalue weighted by atomic mass is 127. The second-order valence-electron chi connectivity index (χ2n) is 4.98. The highest BCUT2D eigenvalue weighted by molar-refractivity contribution is 14.1. The number of amides is 1. The van der Waals surface area contributed by atoms with Gasteiger partial charge in [0, 0.05) is 5.39 Å². The van der Waals surface area contributed by atoms with Crippen LogP contribution in [0.1, 0.15) is 16.1 Å². The van der Waals surface area contributed by atoms with Gasteiger partial charge in [0.05, 0.1) is 9.78 Å². The second-order valence-corrected chi connectivity index (χ2v) is 6.15. The van der Waals surface area contributed by atoms with Crippen LogP contribution >= 0.6 is 22.6 Å². The summed E-state index contributed by atoms with van der Waals surface area (Å²) in [6, 6.07) is 16.4. The summed E-state index contributed by atoms with van der Waals surface area (Å²) in [6.07, 6.45) is 1.52. The monoisotopic (exact) mass is 445 g/mol. The second kappa shape index (κ2) is 7.81. The van der Waals surface area contributed by atoms with Gasteiger partial charge in [0.15, 0.2) is 12.4 Å². The van der Waals surface area contributed by atoms with Crippen molar-refractivity contribution in [2.45, 2.75) is 0 Å². The van der Waals surface area contributed by atoms with Gasteiger partial charge in [-0.15, -0.1) is 0 Å². The van der Waals surface area contributed by atoms with E-state index in [0.29, 0.717) is 11.3 Å². The van der Waals surface area contributed by atoms with Gasteiger partial charge < -0.3 is 9.15 Å². The Hall–Kier alpha value is -2.86. The Labute approximate surface area is 157 Å². The first kappa shape index (κ1) is 17.0. The van der Waals surface area contributed by atoms with Gasteiger partial charge in [-0.2, -0.15) is 10.4 Å². The van der Waals surface area contributed by atoms with Crippen molar-refractivity contribution in [3.05, 3.63) is 63.4 Å². The molecule has 0 unspecified atom stereocenters. The number of benzene rings is 2. The molecule has 1 amide bonds. The van der Waals surface area contributed by atoms with Gasteiger partial charge in [0.2, 0.25) is 0 Å². The molecule has 1 N–H and O–H groups in total. The van der Waals surface area contributed by atoms with Crippen LogP contribution in [0.3, 0.4) is 0 Å². The summed E-state index contributed by atoms with van der Waals surface area (Å²) in [7, 11) is 0. The highest BCUT2D eigenvalue weighted by Gasteiger charge is 2.10. The van der Waals surface area contributed by atoms with Crippen molar-refractivity contribution in [1.82, 2.24) is 5.43 Å². The van der Waals surface area contributed by atoms with E-state index in [0.717, 1.165) is 14.5 Å². The number of fused-ring (bicyclic) bond motifs is 1. The van der Waals surface area contributed by atoms with Crippen molar-refractivity contribution in [2.75, 3.05) is 6.61 Å². The number of ether oxygens (including phenoxy) is 1. The smallest absolute Gasteiger partial charge is 0.307 e. The van der Waals surface area contributed by atoms with Gasteiger partial charge in [-0.1, -0.05) is 18.2 Å². The minimum absolute atomic E-state index is 0.00298. The van der Waals surface area contributed by atoms with Crippen LogP contribution in [0.25, 0.3) is 11.0 Å². The van der Waals surface area contributed by atoms with Crippen LogP contribution in [-0.4, -0.2) is 18.7 Å². The lowest BCUT2D eigenvalue weighted by molar-refractivity contribution is 0.0929. The van der Waals surface area contributed by atoms with E-state index in [-0.39, 0.29) is 12.4 Å². The Morgan fingerprint density at radius 3 is 2.92 bits per heavy atom. The fourth-order valence-electron chi connectivity index (χ4n) is 2.14. The zero-order valence-corrected chi connectivity index (χ0v) is 15.1. The molecule has 0 atom stereocenters. The average molecular weight is 445 g/mol. The Bertz CT molecular complexity index is 956. The Morgan fingerprint density at radius 2 is 2.16 bits per heavy atom. The summed E-state index contributed by atoms with van der Waals surface area (Å²) < 4.78 is 11.6. The van der Waals surface area contributed by atoms with Crippen molar-refractivity contribution in [2.24, 2.45) is 5.10 Å².